The summed E-state index contributed by atoms with van der Waals surface area (Å²) in [6, 6.07) is 26.9. The summed E-state index contributed by atoms with van der Waals surface area (Å²) < 4.78 is 20.8. The number of aromatic nitrogens is 1. The lowest BCUT2D eigenvalue weighted by molar-refractivity contribution is -0.000850. The number of rotatable bonds is 13. The smallest absolute Gasteiger partial charge is 0.408 e. The van der Waals surface area contributed by atoms with Gasteiger partial charge < -0.3 is 35.3 Å². The molecular formula is C41H43FN4O6. The number of H-pyrrole nitrogens is 1. The molecule has 11 heteroatoms. The number of aromatic amines is 1. The van der Waals surface area contributed by atoms with Crippen LogP contribution in [0.15, 0.2) is 102 Å². The first kappa shape index (κ1) is 35.2. The first-order valence-corrected chi connectivity index (χ1v) is 17.8. The minimum atomic E-state index is -1.02. The van der Waals surface area contributed by atoms with Crippen LogP contribution < -0.4 is 15.6 Å². The van der Waals surface area contributed by atoms with Gasteiger partial charge >= 0.3 is 6.09 Å². The second-order valence-electron chi connectivity index (χ2n) is 13.8. The van der Waals surface area contributed by atoms with Crippen molar-refractivity contribution < 1.29 is 29.2 Å². The van der Waals surface area contributed by atoms with E-state index in [1.54, 1.807) is 24.3 Å². The van der Waals surface area contributed by atoms with Crippen LogP contribution in [0.25, 0.3) is 10.9 Å². The number of aromatic hydroxyl groups is 1. The topological polar surface area (TPSA) is 138 Å². The van der Waals surface area contributed by atoms with E-state index in [1.165, 1.54) is 29.2 Å². The minimum Gasteiger partial charge on any atom is -0.506 e. The number of pyridine rings is 1. The van der Waals surface area contributed by atoms with Crippen molar-refractivity contribution in [2.75, 3.05) is 32.7 Å². The minimum absolute atomic E-state index is 0.0502. The zero-order chi connectivity index (χ0) is 36.2. The lowest BCUT2D eigenvalue weighted by Gasteiger charge is -2.50. The lowest BCUT2D eigenvalue weighted by atomic mass is 9.81. The molecular weight excluding hydrogens is 663 g/mol. The van der Waals surface area contributed by atoms with E-state index in [2.05, 4.69) is 21.3 Å². The van der Waals surface area contributed by atoms with E-state index in [0.717, 1.165) is 42.6 Å². The normalized spacial score (nSPS) is 19.3. The molecule has 3 atom stereocenters. The molecule has 3 fully saturated rings. The number of fused-ring (bicyclic) bond motifs is 4. The highest BCUT2D eigenvalue weighted by atomic mass is 19.1. The second-order valence-corrected chi connectivity index (χ2v) is 13.8. The predicted octanol–water partition coefficient (Wildman–Crippen LogP) is 5.98. The van der Waals surface area contributed by atoms with E-state index >= 15 is 0 Å². The Labute approximate surface area is 301 Å². The fourth-order valence-electron chi connectivity index (χ4n) is 7.83. The molecule has 5 N–H and O–H groups in total. The van der Waals surface area contributed by atoms with Gasteiger partial charge in [0.25, 0.3) is 0 Å². The first-order chi connectivity index (χ1) is 25.2. The number of aliphatic hydroxyl groups excluding tert-OH is 1. The summed E-state index contributed by atoms with van der Waals surface area (Å²) in [5.74, 6) is 0.387. The van der Waals surface area contributed by atoms with Crippen molar-refractivity contribution in [1.29, 1.82) is 0 Å². The van der Waals surface area contributed by atoms with E-state index in [1.807, 2.05) is 42.5 Å². The van der Waals surface area contributed by atoms with Crippen molar-refractivity contribution in [3.05, 3.63) is 141 Å². The van der Waals surface area contributed by atoms with Gasteiger partial charge in [0.1, 0.15) is 23.9 Å². The van der Waals surface area contributed by atoms with E-state index in [-0.39, 0.29) is 29.8 Å². The summed E-state index contributed by atoms with van der Waals surface area (Å²) in [4.78, 5) is 31.2. The average Bonchev–Trinajstić information content (AvgIpc) is 3.15. The van der Waals surface area contributed by atoms with Gasteiger partial charge in [-0.3, -0.25) is 9.69 Å². The van der Waals surface area contributed by atoms with Crippen LogP contribution in [0.5, 0.6) is 11.5 Å². The number of carbonyl (C=O) groups is 1. The molecule has 0 radical (unpaired) electrons. The molecule has 3 aliphatic rings. The monoisotopic (exact) mass is 706 g/mol. The number of amides is 1. The van der Waals surface area contributed by atoms with E-state index in [4.69, 9.17) is 4.74 Å². The van der Waals surface area contributed by atoms with Crippen molar-refractivity contribution in [3.63, 3.8) is 0 Å². The molecule has 1 aromatic heterocycles. The van der Waals surface area contributed by atoms with Crippen molar-refractivity contribution >= 4 is 17.0 Å². The maximum atomic E-state index is 14.6. The number of nitrogens with one attached hydrogen (secondary N) is 2. The molecule has 3 saturated heterocycles. The Morgan fingerprint density at radius 3 is 2.46 bits per heavy atom. The highest BCUT2D eigenvalue weighted by Gasteiger charge is 2.43. The zero-order valence-corrected chi connectivity index (χ0v) is 28.7. The summed E-state index contributed by atoms with van der Waals surface area (Å²) in [5.41, 5.74) is 3.93. The molecule has 4 heterocycles. The average molecular weight is 707 g/mol. The number of nitrogens with zero attached hydrogens (tertiary/aromatic N) is 2. The number of piperidine rings is 3. The van der Waals surface area contributed by atoms with Crippen LogP contribution in [0.3, 0.4) is 0 Å². The van der Waals surface area contributed by atoms with Crippen molar-refractivity contribution in [2.24, 2.45) is 5.92 Å². The van der Waals surface area contributed by atoms with Crippen molar-refractivity contribution in [3.8, 4) is 11.5 Å². The SMILES string of the molecule is O=C(O)N(C(c1cccc(F)c1)c1cccc(OCc2cccc(CCNC[C@H](O)c3ccc(O)c4[nH]c(=O)ccc34)c2)c1)[C@H]1CN2CCC1CC2. The van der Waals surface area contributed by atoms with E-state index < -0.39 is 24.1 Å². The van der Waals surface area contributed by atoms with Crippen LogP contribution >= 0.6 is 0 Å². The molecule has 52 heavy (non-hydrogen) atoms. The summed E-state index contributed by atoms with van der Waals surface area (Å²) in [5, 5.41) is 35.5. The third-order valence-corrected chi connectivity index (χ3v) is 10.4. The van der Waals surface area contributed by atoms with Crippen LogP contribution in [0, 0.1) is 11.7 Å². The van der Waals surface area contributed by atoms with Gasteiger partial charge in [0.2, 0.25) is 5.56 Å². The molecule has 3 aliphatic heterocycles. The van der Waals surface area contributed by atoms with Gasteiger partial charge in [-0.25, -0.2) is 9.18 Å². The molecule has 2 bridgehead atoms. The maximum Gasteiger partial charge on any atom is 0.408 e. The molecule has 270 valence electrons. The molecule has 5 aromatic rings. The predicted molar refractivity (Wildman–Crippen MR) is 196 cm³/mol. The number of phenolic OH excluding ortho intramolecular Hbond substituents is 1. The van der Waals surface area contributed by atoms with Crippen molar-refractivity contribution in [2.45, 2.75) is 44.1 Å². The fourth-order valence-corrected chi connectivity index (χ4v) is 7.83. The molecule has 0 aliphatic carbocycles. The van der Waals surface area contributed by atoms with Crippen molar-refractivity contribution in [1.82, 2.24) is 20.1 Å². The standard InChI is InChI=1S/C41H43FN4O6/c42-31-8-2-6-29(21-31)40(46(41(50)51)35-24-45-18-15-28(35)16-19-45)30-7-3-9-32(22-30)52-25-27-5-1-4-26(20-27)14-17-43-23-37(48)33-10-12-36(47)39-34(33)11-13-38(49)44-39/h1-13,20-22,28,35,37,40,43,47-48H,14-19,23-25H2,(H,44,49)(H,50,51)/t35-,37-,40?/m0/s1. The fraction of sp³-hybridized carbons (Fsp3) is 0.317. The Bertz CT molecular complexity index is 2100. The summed E-state index contributed by atoms with van der Waals surface area (Å²) in [7, 11) is 0. The van der Waals surface area contributed by atoms with Crippen LogP contribution in [0.4, 0.5) is 9.18 Å². The Morgan fingerprint density at radius 2 is 1.71 bits per heavy atom. The number of carboxylic acid groups (broad SMARTS) is 1. The number of phenols is 1. The highest BCUT2D eigenvalue weighted by Crippen LogP contribution is 2.39. The van der Waals surface area contributed by atoms with E-state index in [0.29, 0.717) is 53.9 Å². The molecule has 0 saturated carbocycles. The Balaban J connectivity index is 1.00. The highest BCUT2D eigenvalue weighted by molar-refractivity contribution is 5.87. The van der Waals surface area contributed by atoms with Gasteiger partial charge in [0, 0.05) is 24.5 Å². The summed E-state index contributed by atoms with van der Waals surface area (Å²) in [6.07, 6.45) is 0.742. The number of aliphatic hydroxyl groups is 1. The van der Waals surface area contributed by atoms with Crippen LogP contribution in [0.1, 0.15) is 52.8 Å². The number of halogens is 1. The van der Waals surface area contributed by atoms with Gasteiger partial charge in [-0.05, 0) is 109 Å². The third-order valence-electron chi connectivity index (χ3n) is 10.4. The largest absolute Gasteiger partial charge is 0.506 e. The molecule has 0 spiro atoms. The van der Waals surface area contributed by atoms with Crippen LogP contribution in [-0.2, 0) is 13.0 Å². The van der Waals surface area contributed by atoms with Gasteiger partial charge in [-0.1, -0.05) is 54.6 Å². The quantitative estimate of drug-likeness (QED) is 0.0944. The van der Waals surface area contributed by atoms with Gasteiger partial charge in [-0.15, -0.1) is 0 Å². The first-order valence-electron chi connectivity index (χ1n) is 17.8. The Morgan fingerprint density at radius 1 is 0.962 bits per heavy atom. The van der Waals surface area contributed by atoms with Gasteiger partial charge in [0.15, 0.2) is 0 Å². The maximum absolute atomic E-state index is 14.6. The number of ether oxygens (including phenoxy) is 1. The van der Waals surface area contributed by atoms with Crippen LogP contribution in [0.2, 0.25) is 0 Å². The zero-order valence-electron chi connectivity index (χ0n) is 28.7. The number of hydrogen-bond acceptors (Lipinski definition) is 7. The molecule has 8 rings (SSSR count). The number of benzene rings is 4. The molecule has 4 aromatic carbocycles. The van der Waals surface area contributed by atoms with Gasteiger partial charge in [0.05, 0.1) is 23.7 Å². The third kappa shape index (κ3) is 7.81. The lowest BCUT2D eigenvalue weighted by Crippen LogP contribution is -2.59. The van der Waals surface area contributed by atoms with Gasteiger partial charge in [-0.2, -0.15) is 0 Å². The Hall–Kier alpha value is -5.23. The summed E-state index contributed by atoms with van der Waals surface area (Å²) in [6.45, 7) is 3.82. The second kappa shape index (κ2) is 15.6. The van der Waals surface area contributed by atoms with E-state index in [9.17, 15) is 29.3 Å². The molecule has 10 nitrogen and oxygen atoms in total. The molecule has 1 amide bonds. The van der Waals surface area contributed by atoms with Crippen LogP contribution in [-0.4, -0.2) is 75.0 Å². The summed E-state index contributed by atoms with van der Waals surface area (Å²) >= 11 is 0. The molecule has 1 unspecified atom stereocenters. The number of hydrogen-bond donors (Lipinski definition) is 5. The Kier molecular flexibility index (Phi) is 10.5.